The SMILES string of the molecule is CCn1c(O)c(N=NC(=O)COc2ccc3cc(Br)ccc3c2)c2cc(C)ccc21. The summed E-state index contributed by atoms with van der Waals surface area (Å²) in [6.45, 7) is 4.23. The van der Waals surface area contributed by atoms with Crippen molar-refractivity contribution in [3.63, 3.8) is 0 Å². The molecular weight excluding hydrogens is 446 g/mol. The van der Waals surface area contributed by atoms with E-state index in [2.05, 4.69) is 26.2 Å². The van der Waals surface area contributed by atoms with Crippen molar-refractivity contribution < 1.29 is 14.6 Å². The average Bonchev–Trinajstić information content (AvgIpc) is 3.00. The molecule has 30 heavy (non-hydrogen) atoms. The first-order valence-electron chi connectivity index (χ1n) is 9.54. The molecule has 1 amide bonds. The average molecular weight is 466 g/mol. The summed E-state index contributed by atoms with van der Waals surface area (Å²) in [7, 11) is 0. The first-order chi connectivity index (χ1) is 14.5. The molecule has 0 saturated heterocycles. The van der Waals surface area contributed by atoms with E-state index in [9.17, 15) is 9.90 Å². The van der Waals surface area contributed by atoms with Gasteiger partial charge >= 0.3 is 5.91 Å². The van der Waals surface area contributed by atoms with Gasteiger partial charge in [-0.3, -0.25) is 4.79 Å². The number of nitrogens with zero attached hydrogens (tertiary/aromatic N) is 3. The van der Waals surface area contributed by atoms with E-state index in [0.717, 1.165) is 31.7 Å². The number of amides is 1. The van der Waals surface area contributed by atoms with Gasteiger partial charge < -0.3 is 14.4 Å². The van der Waals surface area contributed by atoms with Crippen LogP contribution in [0.15, 0.2) is 69.3 Å². The van der Waals surface area contributed by atoms with Gasteiger partial charge in [0.1, 0.15) is 5.75 Å². The Balaban J connectivity index is 1.51. The van der Waals surface area contributed by atoms with E-state index in [1.54, 1.807) is 4.57 Å². The Morgan fingerprint density at radius 1 is 1.10 bits per heavy atom. The van der Waals surface area contributed by atoms with Crippen LogP contribution in [0.3, 0.4) is 0 Å². The molecule has 152 valence electrons. The normalized spacial score (nSPS) is 11.6. The third-order valence-corrected chi connectivity index (χ3v) is 5.37. The van der Waals surface area contributed by atoms with Gasteiger partial charge in [0, 0.05) is 16.4 Å². The van der Waals surface area contributed by atoms with E-state index in [1.165, 1.54) is 0 Å². The van der Waals surface area contributed by atoms with E-state index in [0.29, 0.717) is 18.0 Å². The van der Waals surface area contributed by atoms with Crippen molar-refractivity contribution in [2.75, 3.05) is 6.61 Å². The quantitative estimate of drug-likeness (QED) is 0.352. The van der Waals surface area contributed by atoms with Gasteiger partial charge in [-0.15, -0.1) is 10.2 Å². The summed E-state index contributed by atoms with van der Waals surface area (Å²) in [5, 5.41) is 21.1. The molecule has 0 unspecified atom stereocenters. The molecule has 0 radical (unpaired) electrons. The number of halogens is 1. The van der Waals surface area contributed by atoms with E-state index in [1.807, 2.05) is 68.4 Å². The predicted octanol–water partition coefficient (Wildman–Crippen LogP) is 6.28. The van der Waals surface area contributed by atoms with Crippen molar-refractivity contribution in [3.05, 3.63) is 64.6 Å². The Morgan fingerprint density at radius 3 is 2.67 bits per heavy atom. The number of aryl methyl sites for hydroxylation is 2. The number of hydrogen-bond donors (Lipinski definition) is 1. The van der Waals surface area contributed by atoms with E-state index in [4.69, 9.17) is 4.74 Å². The fraction of sp³-hybridized carbons (Fsp3) is 0.174. The topological polar surface area (TPSA) is 76.2 Å². The van der Waals surface area contributed by atoms with Crippen LogP contribution < -0.4 is 4.74 Å². The predicted molar refractivity (Wildman–Crippen MR) is 121 cm³/mol. The molecule has 4 aromatic rings. The van der Waals surface area contributed by atoms with Crippen molar-refractivity contribution >= 4 is 49.2 Å². The van der Waals surface area contributed by atoms with Crippen molar-refractivity contribution in [2.24, 2.45) is 10.2 Å². The Bertz CT molecular complexity index is 1290. The van der Waals surface area contributed by atoms with Crippen LogP contribution in [0.2, 0.25) is 0 Å². The van der Waals surface area contributed by atoms with Crippen LogP contribution in [-0.2, 0) is 11.3 Å². The van der Waals surface area contributed by atoms with Crippen LogP contribution in [0.1, 0.15) is 12.5 Å². The number of azo groups is 1. The minimum Gasteiger partial charge on any atom is -0.493 e. The van der Waals surface area contributed by atoms with Gasteiger partial charge in [0.2, 0.25) is 5.88 Å². The smallest absolute Gasteiger partial charge is 0.302 e. The minimum absolute atomic E-state index is 0.00346. The molecular formula is C23H20BrN3O3. The highest BCUT2D eigenvalue weighted by Gasteiger charge is 2.16. The zero-order chi connectivity index (χ0) is 21.3. The van der Waals surface area contributed by atoms with Crippen molar-refractivity contribution in [3.8, 4) is 11.6 Å². The van der Waals surface area contributed by atoms with Crippen molar-refractivity contribution in [2.45, 2.75) is 20.4 Å². The molecule has 7 heteroatoms. The van der Waals surface area contributed by atoms with Gasteiger partial charge in [-0.2, -0.15) is 0 Å². The number of ether oxygens (including phenoxy) is 1. The first kappa shape index (κ1) is 20.1. The summed E-state index contributed by atoms with van der Waals surface area (Å²) >= 11 is 3.45. The van der Waals surface area contributed by atoms with Crippen LogP contribution in [0.5, 0.6) is 11.6 Å². The van der Waals surface area contributed by atoms with E-state index in [-0.39, 0.29) is 12.5 Å². The molecule has 0 fully saturated rings. The molecule has 0 atom stereocenters. The second-order valence-electron chi connectivity index (χ2n) is 6.97. The Morgan fingerprint density at radius 2 is 1.87 bits per heavy atom. The van der Waals surface area contributed by atoms with Gasteiger partial charge in [-0.25, -0.2) is 0 Å². The van der Waals surface area contributed by atoms with Crippen LogP contribution in [-0.4, -0.2) is 22.2 Å². The van der Waals surface area contributed by atoms with Crippen LogP contribution >= 0.6 is 15.9 Å². The Hall–Kier alpha value is -3.19. The lowest BCUT2D eigenvalue weighted by atomic mass is 10.1. The molecule has 0 bridgehead atoms. The Kier molecular flexibility index (Phi) is 5.55. The van der Waals surface area contributed by atoms with E-state index >= 15 is 0 Å². The van der Waals surface area contributed by atoms with Crippen molar-refractivity contribution in [1.29, 1.82) is 0 Å². The molecule has 0 aliphatic carbocycles. The molecule has 0 spiro atoms. The lowest BCUT2D eigenvalue weighted by Crippen LogP contribution is -2.07. The molecule has 1 heterocycles. The number of benzene rings is 3. The highest BCUT2D eigenvalue weighted by atomic mass is 79.9. The summed E-state index contributed by atoms with van der Waals surface area (Å²) in [5.74, 6) is 0.0426. The summed E-state index contributed by atoms with van der Waals surface area (Å²) in [4.78, 5) is 12.2. The summed E-state index contributed by atoms with van der Waals surface area (Å²) < 4.78 is 8.31. The zero-order valence-corrected chi connectivity index (χ0v) is 18.2. The first-order valence-corrected chi connectivity index (χ1v) is 10.3. The summed E-state index contributed by atoms with van der Waals surface area (Å²) in [6.07, 6.45) is 0. The number of aromatic hydroxyl groups is 1. The van der Waals surface area contributed by atoms with Crippen LogP contribution in [0, 0.1) is 6.92 Å². The molecule has 0 saturated carbocycles. The van der Waals surface area contributed by atoms with Gasteiger partial charge in [-0.05, 0) is 61.0 Å². The van der Waals surface area contributed by atoms with Gasteiger partial charge in [0.05, 0.1) is 5.52 Å². The number of carbonyl (C=O) groups is 1. The Labute approximate surface area is 181 Å². The van der Waals surface area contributed by atoms with Crippen LogP contribution in [0.25, 0.3) is 21.7 Å². The highest BCUT2D eigenvalue weighted by molar-refractivity contribution is 9.10. The molecule has 4 rings (SSSR count). The lowest BCUT2D eigenvalue weighted by molar-refractivity contribution is -0.120. The van der Waals surface area contributed by atoms with Gasteiger partial charge in [0.25, 0.3) is 0 Å². The molecule has 0 aliphatic heterocycles. The summed E-state index contributed by atoms with van der Waals surface area (Å²) in [6, 6.07) is 17.4. The van der Waals surface area contributed by atoms with Gasteiger partial charge in [0.15, 0.2) is 12.3 Å². The molecule has 1 aromatic heterocycles. The molecule has 0 aliphatic rings. The largest absolute Gasteiger partial charge is 0.493 e. The van der Waals surface area contributed by atoms with Crippen LogP contribution in [0.4, 0.5) is 5.69 Å². The maximum Gasteiger partial charge on any atom is 0.302 e. The number of fused-ring (bicyclic) bond motifs is 2. The number of rotatable bonds is 5. The molecule has 3 aromatic carbocycles. The third kappa shape index (κ3) is 3.93. The number of carbonyl (C=O) groups excluding carboxylic acids is 1. The zero-order valence-electron chi connectivity index (χ0n) is 16.6. The second-order valence-corrected chi connectivity index (χ2v) is 7.89. The lowest BCUT2D eigenvalue weighted by Gasteiger charge is -2.05. The molecule has 6 nitrogen and oxygen atoms in total. The highest BCUT2D eigenvalue weighted by Crippen LogP contribution is 2.39. The van der Waals surface area contributed by atoms with E-state index < -0.39 is 5.91 Å². The number of aromatic nitrogens is 1. The summed E-state index contributed by atoms with van der Waals surface area (Å²) in [5.41, 5.74) is 2.17. The maximum absolute atomic E-state index is 12.2. The minimum atomic E-state index is -0.532. The monoisotopic (exact) mass is 465 g/mol. The second kappa shape index (κ2) is 8.28. The fourth-order valence-corrected chi connectivity index (χ4v) is 3.80. The number of hydrogen-bond acceptors (Lipinski definition) is 4. The van der Waals surface area contributed by atoms with Gasteiger partial charge in [-0.1, -0.05) is 39.7 Å². The maximum atomic E-state index is 12.2. The van der Waals surface area contributed by atoms with Crippen molar-refractivity contribution in [1.82, 2.24) is 4.57 Å². The fourth-order valence-electron chi connectivity index (χ4n) is 3.42. The molecule has 1 N–H and O–H groups in total. The standard InChI is InChI=1S/C23H20BrN3O3/c1-3-27-20-9-4-14(2)10-19(20)22(23(27)29)26-25-21(28)13-30-18-8-6-15-11-17(24)7-5-16(15)12-18/h4-12,29H,3,13H2,1-2H3. The third-order valence-electron chi connectivity index (χ3n) is 4.88.